The fourth-order valence-electron chi connectivity index (χ4n) is 1.07. The Morgan fingerprint density at radius 1 is 1.56 bits per heavy atom. The first-order valence-corrected chi connectivity index (χ1v) is 5.43. The van der Waals surface area contributed by atoms with Crippen molar-refractivity contribution in [2.45, 2.75) is 6.54 Å². The van der Waals surface area contributed by atoms with Gasteiger partial charge in [0.1, 0.15) is 5.76 Å². The summed E-state index contributed by atoms with van der Waals surface area (Å²) in [6.45, 7) is 0.348. The molecule has 2 aromatic heterocycles. The van der Waals surface area contributed by atoms with Crippen molar-refractivity contribution in [1.29, 1.82) is 0 Å². The van der Waals surface area contributed by atoms with Gasteiger partial charge >= 0.3 is 0 Å². The maximum Gasteiger partial charge on any atom is 0.282 e. The van der Waals surface area contributed by atoms with Crippen molar-refractivity contribution in [3.05, 3.63) is 29.2 Å². The maximum absolute atomic E-state index is 11.6. The molecule has 0 fully saturated rings. The molecule has 0 unspecified atom stereocenters. The highest BCUT2D eigenvalue weighted by molar-refractivity contribution is 7.17. The molecule has 7 heteroatoms. The third kappa shape index (κ3) is 2.37. The molecule has 2 aromatic rings. The molecule has 0 saturated heterocycles. The predicted octanol–water partition coefficient (Wildman–Crippen LogP) is 1.10. The summed E-state index contributed by atoms with van der Waals surface area (Å²) >= 11 is 1.20. The van der Waals surface area contributed by atoms with Gasteiger partial charge in [0.2, 0.25) is 10.1 Å². The summed E-state index contributed by atoms with van der Waals surface area (Å²) in [6, 6.07) is 3.56. The van der Waals surface area contributed by atoms with Gasteiger partial charge in [0.25, 0.3) is 5.91 Å². The van der Waals surface area contributed by atoms with Crippen LogP contribution >= 0.6 is 11.3 Å². The van der Waals surface area contributed by atoms with Gasteiger partial charge in [-0.3, -0.25) is 4.79 Å². The van der Waals surface area contributed by atoms with E-state index in [0.717, 1.165) is 0 Å². The minimum absolute atomic E-state index is 0.254. The van der Waals surface area contributed by atoms with Gasteiger partial charge in [-0.05, 0) is 12.1 Å². The van der Waals surface area contributed by atoms with Gasteiger partial charge in [-0.2, -0.15) is 0 Å². The molecule has 0 saturated carbocycles. The van der Waals surface area contributed by atoms with Crippen LogP contribution < -0.4 is 10.6 Å². The number of amides is 1. The summed E-state index contributed by atoms with van der Waals surface area (Å²) in [5, 5.41) is 14.0. The quantitative estimate of drug-likeness (QED) is 0.833. The van der Waals surface area contributed by atoms with E-state index in [1.165, 1.54) is 11.3 Å². The molecule has 1 amide bonds. The van der Waals surface area contributed by atoms with Crippen LogP contribution in [0.25, 0.3) is 0 Å². The Balaban J connectivity index is 1.93. The van der Waals surface area contributed by atoms with Crippen LogP contribution in [0.4, 0.5) is 5.13 Å². The highest BCUT2D eigenvalue weighted by atomic mass is 32.1. The number of aromatic nitrogens is 2. The van der Waals surface area contributed by atoms with Crippen molar-refractivity contribution in [3.8, 4) is 0 Å². The van der Waals surface area contributed by atoms with E-state index in [0.29, 0.717) is 22.4 Å². The molecule has 0 aliphatic rings. The maximum atomic E-state index is 11.6. The van der Waals surface area contributed by atoms with Gasteiger partial charge in [0.05, 0.1) is 12.8 Å². The molecule has 0 spiro atoms. The van der Waals surface area contributed by atoms with E-state index in [1.807, 2.05) is 0 Å². The number of carbonyl (C=O) groups is 1. The highest BCUT2D eigenvalue weighted by Crippen LogP contribution is 2.13. The van der Waals surface area contributed by atoms with Crippen LogP contribution in [0.1, 0.15) is 15.6 Å². The van der Waals surface area contributed by atoms with Crippen LogP contribution in [0.2, 0.25) is 0 Å². The van der Waals surface area contributed by atoms with Crippen molar-refractivity contribution >= 4 is 22.4 Å². The number of rotatable bonds is 4. The normalized spacial score (nSPS) is 10.1. The van der Waals surface area contributed by atoms with Crippen LogP contribution in [0.5, 0.6) is 0 Å². The number of carbonyl (C=O) groups excluding carboxylic acids is 1. The average Bonchev–Trinajstić information content (AvgIpc) is 2.96. The second-order valence-corrected chi connectivity index (χ2v) is 3.90. The minimum Gasteiger partial charge on any atom is -0.467 e. The average molecular weight is 238 g/mol. The summed E-state index contributed by atoms with van der Waals surface area (Å²) in [4.78, 5) is 11.6. The summed E-state index contributed by atoms with van der Waals surface area (Å²) in [5.74, 6) is 0.446. The lowest BCUT2D eigenvalue weighted by Gasteiger charge is -1.98. The molecule has 0 aliphatic carbocycles. The molecule has 84 valence electrons. The van der Waals surface area contributed by atoms with Crippen molar-refractivity contribution in [1.82, 2.24) is 15.5 Å². The highest BCUT2D eigenvalue weighted by Gasteiger charge is 2.11. The standard InChI is InChI=1S/C9H10N4O2S/c1-10-9-13-12-8(16-9)7(14)11-5-6-3-2-4-15-6/h2-4H,5H2,1H3,(H,10,13)(H,11,14). The Morgan fingerprint density at radius 3 is 3.06 bits per heavy atom. The molecule has 0 bridgehead atoms. The summed E-state index contributed by atoms with van der Waals surface area (Å²) in [7, 11) is 1.73. The molecule has 6 nitrogen and oxygen atoms in total. The zero-order valence-electron chi connectivity index (χ0n) is 8.56. The third-order valence-corrected chi connectivity index (χ3v) is 2.78. The molecule has 0 aromatic carbocycles. The van der Waals surface area contributed by atoms with Crippen LogP contribution in [-0.2, 0) is 6.54 Å². The van der Waals surface area contributed by atoms with Gasteiger partial charge in [0.15, 0.2) is 0 Å². The molecule has 2 N–H and O–H groups in total. The van der Waals surface area contributed by atoms with Crippen LogP contribution in [0.3, 0.4) is 0 Å². The molecule has 2 rings (SSSR count). The van der Waals surface area contributed by atoms with Crippen LogP contribution in [0, 0.1) is 0 Å². The third-order valence-electron chi connectivity index (χ3n) is 1.84. The van der Waals surface area contributed by atoms with Gasteiger partial charge in [-0.15, -0.1) is 10.2 Å². The fraction of sp³-hybridized carbons (Fsp3) is 0.222. The van der Waals surface area contributed by atoms with Crippen LogP contribution in [-0.4, -0.2) is 23.2 Å². The van der Waals surface area contributed by atoms with Crippen LogP contribution in [0.15, 0.2) is 22.8 Å². The second-order valence-electron chi connectivity index (χ2n) is 2.92. The van der Waals surface area contributed by atoms with Gasteiger partial charge in [-0.1, -0.05) is 11.3 Å². The number of hydrogen-bond donors (Lipinski definition) is 2. The molecular formula is C9H10N4O2S. The fourth-order valence-corrected chi connectivity index (χ4v) is 1.69. The number of nitrogens with one attached hydrogen (secondary N) is 2. The van der Waals surface area contributed by atoms with Crippen molar-refractivity contribution in [2.24, 2.45) is 0 Å². The van der Waals surface area contributed by atoms with Crippen molar-refractivity contribution < 1.29 is 9.21 Å². The predicted molar refractivity (Wildman–Crippen MR) is 59.3 cm³/mol. The SMILES string of the molecule is CNc1nnc(C(=O)NCc2ccco2)s1. The summed E-state index contributed by atoms with van der Waals surface area (Å²) < 4.78 is 5.09. The first-order valence-electron chi connectivity index (χ1n) is 4.61. The van der Waals surface area contributed by atoms with E-state index in [-0.39, 0.29) is 5.91 Å². The van der Waals surface area contributed by atoms with Crippen molar-refractivity contribution in [3.63, 3.8) is 0 Å². The molecule has 0 radical (unpaired) electrons. The lowest BCUT2D eigenvalue weighted by Crippen LogP contribution is -2.22. The first kappa shape index (κ1) is 10.6. The number of anilines is 1. The molecular weight excluding hydrogens is 228 g/mol. The smallest absolute Gasteiger partial charge is 0.282 e. The largest absolute Gasteiger partial charge is 0.467 e. The van der Waals surface area contributed by atoms with Gasteiger partial charge in [-0.25, -0.2) is 0 Å². The minimum atomic E-state index is -0.254. The second kappa shape index (κ2) is 4.75. The van der Waals surface area contributed by atoms with E-state index < -0.39 is 0 Å². The Labute approximate surface area is 95.7 Å². The molecule has 2 heterocycles. The molecule has 16 heavy (non-hydrogen) atoms. The monoisotopic (exact) mass is 238 g/mol. The Morgan fingerprint density at radius 2 is 2.44 bits per heavy atom. The first-order chi connectivity index (χ1) is 7.79. The Hall–Kier alpha value is -1.89. The zero-order valence-corrected chi connectivity index (χ0v) is 9.37. The summed E-state index contributed by atoms with van der Waals surface area (Å²) in [5.41, 5.74) is 0. The summed E-state index contributed by atoms with van der Waals surface area (Å²) in [6.07, 6.45) is 1.56. The Kier molecular flexibility index (Phi) is 3.16. The number of nitrogens with zero attached hydrogens (tertiary/aromatic N) is 2. The van der Waals surface area contributed by atoms with E-state index in [9.17, 15) is 4.79 Å². The lowest BCUT2D eigenvalue weighted by molar-refractivity contribution is 0.0947. The van der Waals surface area contributed by atoms with E-state index in [4.69, 9.17) is 4.42 Å². The number of hydrogen-bond acceptors (Lipinski definition) is 6. The van der Waals surface area contributed by atoms with E-state index in [2.05, 4.69) is 20.8 Å². The topological polar surface area (TPSA) is 80.0 Å². The number of furan rings is 1. The van der Waals surface area contributed by atoms with Gasteiger partial charge in [0, 0.05) is 7.05 Å². The van der Waals surface area contributed by atoms with E-state index in [1.54, 1.807) is 25.4 Å². The van der Waals surface area contributed by atoms with E-state index >= 15 is 0 Å². The molecule has 0 atom stereocenters. The molecule has 0 aliphatic heterocycles. The van der Waals surface area contributed by atoms with Crippen molar-refractivity contribution in [2.75, 3.05) is 12.4 Å². The van der Waals surface area contributed by atoms with Gasteiger partial charge < -0.3 is 15.1 Å². The Bertz CT molecular complexity index is 466. The lowest BCUT2D eigenvalue weighted by atomic mass is 10.4. The zero-order chi connectivity index (χ0) is 11.4.